The Kier molecular flexibility index (Phi) is 5.07. The summed E-state index contributed by atoms with van der Waals surface area (Å²) in [7, 11) is 0. The molecule has 1 unspecified atom stereocenters. The van der Waals surface area contributed by atoms with E-state index in [1.807, 2.05) is 25.1 Å². The van der Waals surface area contributed by atoms with Crippen molar-refractivity contribution in [1.29, 1.82) is 0 Å². The van der Waals surface area contributed by atoms with E-state index in [-0.39, 0.29) is 17.7 Å². The highest BCUT2D eigenvalue weighted by Gasteiger charge is 2.23. The van der Waals surface area contributed by atoms with Crippen molar-refractivity contribution in [2.75, 3.05) is 18.0 Å². The van der Waals surface area contributed by atoms with E-state index in [2.05, 4.69) is 20.4 Å². The number of aryl methyl sites for hydroxylation is 1. The van der Waals surface area contributed by atoms with Crippen LogP contribution in [0.1, 0.15) is 46.0 Å². The lowest BCUT2D eigenvalue weighted by atomic mass is 10.0. The Bertz CT molecular complexity index is 776. The summed E-state index contributed by atoms with van der Waals surface area (Å²) in [5.74, 6) is 0.655. The van der Waals surface area contributed by atoms with Gasteiger partial charge < -0.3 is 10.2 Å². The molecule has 6 heteroatoms. The molecule has 2 heterocycles. The second kappa shape index (κ2) is 7.42. The second-order valence-corrected chi connectivity index (χ2v) is 6.43. The summed E-state index contributed by atoms with van der Waals surface area (Å²) in [5.41, 5.74) is 2.00. The van der Waals surface area contributed by atoms with Crippen LogP contribution in [0.15, 0.2) is 36.5 Å². The fraction of sp³-hybridized carbons (Fsp3) is 0.368. The zero-order valence-electron chi connectivity index (χ0n) is 14.5. The quantitative estimate of drug-likeness (QED) is 0.867. The van der Waals surface area contributed by atoms with Crippen LogP contribution in [0.3, 0.4) is 0 Å². The lowest BCUT2D eigenvalue weighted by molar-refractivity contribution is 0.0933. The molecule has 1 amide bonds. The maximum absolute atomic E-state index is 12.6. The minimum Gasteiger partial charge on any atom is -0.353 e. The Labute approximate surface area is 147 Å². The van der Waals surface area contributed by atoms with Gasteiger partial charge in [0.2, 0.25) is 0 Å². The van der Waals surface area contributed by atoms with E-state index < -0.39 is 0 Å². The Morgan fingerprint density at radius 3 is 2.84 bits per heavy atom. The minimum atomic E-state index is -0.145. The van der Waals surface area contributed by atoms with Crippen molar-refractivity contribution in [3.05, 3.63) is 53.2 Å². The first kappa shape index (κ1) is 17.1. The van der Waals surface area contributed by atoms with Crippen molar-refractivity contribution in [2.45, 2.75) is 32.7 Å². The first-order chi connectivity index (χ1) is 12.0. The number of carbonyl (C=O) groups excluding carboxylic acids is 2. The number of carbonyl (C=O) groups is 2. The van der Waals surface area contributed by atoms with Gasteiger partial charge in [-0.25, -0.2) is 0 Å². The molecule has 1 atom stereocenters. The average molecular weight is 338 g/mol. The fourth-order valence-electron chi connectivity index (χ4n) is 3.18. The Hall–Kier alpha value is -2.76. The van der Waals surface area contributed by atoms with Crippen LogP contribution in [-0.4, -0.2) is 41.0 Å². The Morgan fingerprint density at radius 2 is 2.12 bits per heavy atom. The molecule has 2 aromatic rings. The normalized spacial score (nSPS) is 17.2. The van der Waals surface area contributed by atoms with Crippen LogP contribution in [0.4, 0.5) is 5.82 Å². The van der Waals surface area contributed by atoms with Crippen LogP contribution in [0.25, 0.3) is 0 Å². The lowest BCUT2D eigenvalue weighted by Crippen LogP contribution is -2.48. The monoisotopic (exact) mass is 338 g/mol. The third-order valence-corrected chi connectivity index (χ3v) is 4.52. The van der Waals surface area contributed by atoms with Gasteiger partial charge in [0.25, 0.3) is 5.91 Å². The molecule has 0 saturated carbocycles. The highest BCUT2D eigenvalue weighted by Crippen LogP contribution is 2.18. The number of hydrogen-bond acceptors (Lipinski definition) is 5. The van der Waals surface area contributed by atoms with E-state index in [0.29, 0.717) is 17.7 Å². The van der Waals surface area contributed by atoms with Gasteiger partial charge in [0.05, 0.1) is 0 Å². The Morgan fingerprint density at radius 1 is 1.28 bits per heavy atom. The number of benzene rings is 1. The van der Waals surface area contributed by atoms with Crippen molar-refractivity contribution < 1.29 is 9.59 Å². The van der Waals surface area contributed by atoms with E-state index in [1.54, 1.807) is 18.3 Å². The van der Waals surface area contributed by atoms with Gasteiger partial charge in [-0.15, -0.1) is 5.10 Å². The predicted molar refractivity (Wildman–Crippen MR) is 95.9 cm³/mol. The maximum atomic E-state index is 12.6. The predicted octanol–water partition coefficient (Wildman–Crippen LogP) is 2.39. The highest BCUT2D eigenvalue weighted by atomic mass is 16.1. The van der Waals surface area contributed by atoms with Crippen LogP contribution in [0.5, 0.6) is 0 Å². The molecule has 1 N–H and O–H groups in total. The van der Waals surface area contributed by atoms with Crippen LogP contribution >= 0.6 is 0 Å². The number of anilines is 1. The summed E-state index contributed by atoms with van der Waals surface area (Å²) in [5, 5.41) is 11.1. The molecule has 1 aromatic heterocycles. The van der Waals surface area contributed by atoms with Crippen LogP contribution in [-0.2, 0) is 0 Å². The van der Waals surface area contributed by atoms with Gasteiger partial charge in [-0.3, -0.25) is 9.59 Å². The lowest BCUT2D eigenvalue weighted by Gasteiger charge is -2.33. The molecule has 0 aliphatic carbocycles. The number of hydrogen-bond donors (Lipinski definition) is 1. The summed E-state index contributed by atoms with van der Waals surface area (Å²) in [4.78, 5) is 26.4. The van der Waals surface area contributed by atoms with Crippen molar-refractivity contribution in [3.8, 4) is 0 Å². The van der Waals surface area contributed by atoms with E-state index in [9.17, 15) is 9.59 Å². The summed E-state index contributed by atoms with van der Waals surface area (Å²) in [6.07, 6.45) is 3.55. The fourth-order valence-corrected chi connectivity index (χ4v) is 3.18. The molecule has 1 saturated heterocycles. The molecule has 3 rings (SSSR count). The standard InChI is InChI=1S/C19H22N4O2/c1-13-7-8-15(11-17(13)14(2)24)19(25)21-16-5-4-10-23(12-16)18-6-3-9-20-22-18/h3,6-9,11,16H,4-5,10,12H2,1-2H3,(H,21,25). The van der Waals surface area contributed by atoms with Gasteiger partial charge in [-0.1, -0.05) is 6.07 Å². The molecule has 1 aliphatic heterocycles. The molecule has 1 fully saturated rings. The van der Waals surface area contributed by atoms with Crippen LogP contribution in [0.2, 0.25) is 0 Å². The molecule has 25 heavy (non-hydrogen) atoms. The molecule has 6 nitrogen and oxygen atoms in total. The number of amides is 1. The Balaban J connectivity index is 1.68. The van der Waals surface area contributed by atoms with E-state index in [1.165, 1.54) is 6.92 Å². The molecular weight excluding hydrogens is 316 g/mol. The number of aromatic nitrogens is 2. The number of piperidine rings is 1. The number of rotatable bonds is 4. The summed E-state index contributed by atoms with van der Waals surface area (Å²) in [6, 6.07) is 9.09. The second-order valence-electron chi connectivity index (χ2n) is 6.43. The van der Waals surface area contributed by atoms with Gasteiger partial charge in [0.1, 0.15) is 0 Å². The first-order valence-corrected chi connectivity index (χ1v) is 8.49. The zero-order chi connectivity index (χ0) is 17.8. The van der Waals surface area contributed by atoms with Gasteiger partial charge in [-0.05, 0) is 56.5 Å². The minimum absolute atomic E-state index is 0.0290. The molecule has 1 aromatic carbocycles. The van der Waals surface area contributed by atoms with Crippen molar-refractivity contribution in [2.24, 2.45) is 0 Å². The van der Waals surface area contributed by atoms with Gasteiger partial charge in [0.15, 0.2) is 11.6 Å². The summed E-state index contributed by atoms with van der Waals surface area (Å²) < 4.78 is 0. The molecular formula is C19H22N4O2. The van der Waals surface area contributed by atoms with Crippen molar-refractivity contribution in [1.82, 2.24) is 15.5 Å². The van der Waals surface area contributed by atoms with E-state index in [0.717, 1.165) is 30.8 Å². The highest BCUT2D eigenvalue weighted by molar-refractivity contribution is 6.00. The van der Waals surface area contributed by atoms with Crippen molar-refractivity contribution in [3.63, 3.8) is 0 Å². The molecule has 130 valence electrons. The van der Waals surface area contributed by atoms with Gasteiger partial charge in [0, 0.05) is 36.5 Å². The van der Waals surface area contributed by atoms with Gasteiger partial charge in [-0.2, -0.15) is 5.10 Å². The van der Waals surface area contributed by atoms with E-state index in [4.69, 9.17) is 0 Å². The smallest absolute Gasteiger partial charge is 0.251 e. The topological polar surface area (TPSA) is 75.2 Å². The number of nitrogens with one attached hydrogen (secondary N) is 1. The molecule has 0 radical (unpaired) electrons. The molecule has 1 aliphatic rings. The maximum Gasteiger partial charge on any atom is 0.251 e. The molecule has 0 bridgehead atoms. The SMILES string of the molecule is CC(=O)c1cc(C(=O)NC2CCCN(c3cccnn3)C2)ccc1C. The van der Waals surface area contributed by atoms with Gasteiger partial charge >= 0.3 is 0 Å². The average Bonchev–Trinajstić information content (AvgIpc) is 2.62. The van der Waals surface area contributed by atoms with E-state index >= 15 is 0 Å². The molecule has 0 spiro atoms. The number of ketones is 1. The van der Waals surface area contributed by atoms with Crippen molar-refractivity contribution >= 4 is 17.5 Å². The largest absolute Gasteiger partial charge is 0.353 e. The zero-order valence-corrected chi connectivity index (χ0v) is 14.5. The number of Topliss-reactive ketones (excluding diaryl/α,β-unsaturated/α-hetero) is 1. The number of nitrogens with zero attached hydrogens (tertiary/aromatic N) is 3. The van der Waals surface area contributed by atoms with Crippen LogP contribution in [0, 0.1) is 6.92 Å². The summed E-state index contributed by atoms with van der Waals surface area (Å²) >= 11 is 0. The first-order valence-electron chi connectivity index (χ1n) is 8.49. The third-order valence-electron chi connectivity index (χ3n) is 4.52. The summed E-state index contributed by atoms with van der Waals surface area (Å²) in [6.45, 7) is 5.00. The third kappa shape index (κ3) is 4.02. The van der Waals surface area contributed by atoms with Crippen LogP contribution < -0.4 is 10.2 Å².